The molecule has 0 spiro atoms. The highest BCUT2D eigenvalue weighted by Crippen LogP contribution is 2.34. The molecule has 0 aliphatic carbocycles. The second-order valence-corrected chi connectivity index (χ2v) is 5.93. The number of β-amino-alcohol motifs (C(OH)–C–C–N with tert-alkyl or cyclic N) is 1. The fourth-order valence-electron chi connectivity index (χ4n) is 1.70. The lowest BCUT2D eigenvalue weighted by atomic mass is 9.83. The summed E-state index contributed by atoms with van der Waals surface area (Å²) in [5.74, 6) is 1.57. The van der Waals surface area contributed by atoms with E-state index in [-0.39, 0.29) is 0 Å². The summed E-state index contributed by atoms with van der Waals surface area (Å²) in [6, 6.07) is 0. The summed E-state index contributed by atoms with van der Waals surface area (Å²) in [6.07, 6.45) is 0. The molecule has 0 unspecified atom stereocenters. The van der Waals surface area contributed by atoms with Crippen LogP contribution in [-0.2, 0) is 0 Å². The van der Waals surface area contributed by atoms with Crippen LogP contribution in [-0.4, -0.2) is 33.2 Å². The zero-order chi connectivity index (χ0) is 11.9. The lowest BCUT2D eigenvalue weighted by molar-refractivity contribution is -0.0300. The molecule has 1 N–H and O–H groups in total. The number of rotatable bonds is 3. The fraction of sp³-hybridized carbons (Fsp3) is 0.818. The molecule has 5 heteroatoms. The van der Waals surface area contributed by atoms with Crippen molar-refractivity contribution in [3.63, 3.8) is 0 Å². The third kappa shape index (κ3) is 1.94. The number of nitrogens with zero attached hydrogens (tertiary/aromatic N) is 3. The predicted octanol–water partition coefficient (Wildman–Crippen LogP) is 1.87. The maximum atomic E-state index is 10.1. The van der Waals surface area contributed by atoms with Gasteiger partial charge in [-0.25, -0.2) is 4.98 Å². The quantitative estimate of drug-likeness (QED) is 0.877. The molecular formula is C11H19N3OS. The number of aromatic nitrogens is 2. The Morgan fingerprint density at radius 1 is 1.31 bits per heavy atom. The van der Waals surface area contributed by atoms with E-state index in [1.807, 2.05) is 0 Å². The molecule has 0 aromatic carbocycles. The Morgan fingerprint density at radius 2 is 1.94 bits per heavy atom. The summed E-state index contributed by atoms with van der Waals surface area (Å²) in [4.78, 5) is 6.58. The van der Waals surface area contributed by atoms with Gasteiger partial charge in [-0.1, -0.05) is 27.7 Å². The van der Waals surface area contributed by atoms with Gasteiger partial charge in [-0.2, -0.15) is 4.37 Å². The van der Waals surface area contributed by atoms with Crippen molar-refractivity contribution < 1.29 is 5.11 Å². The monoisotopic (exact) mass is 241 g/mol. The minimum atomic E-state index is -0.538. The Kier molecular flexibility index (Phi) is 2.92. The average molecular weight is 241 g/mol. The highest BCUT2D eigenvalue weighted by molar-refractivity contribution is 7.09. The summed E-state index contributed by atoms with van der Waals surface area (Å²) in [7, 11) is 0. The van der Waals surface area contributed by atoms with Crippen LogP contribution < -0.4 is 4.90 Å². The first-order valence-electron chi connectivity index (χ1n) is 5.73. The Morgan fingerprint density at radius 3 is 2.38 bits per heavy atom. The van der Waals surface area contributed by atoms with E-state index in [1.54, 1.807) is 0 Å². The zero-order valence-electron chi connectivity index (χ0n) is 10.3. The van der Waals surface area contributed by atoms with Crippen LogP contribution in [0.25, 0.3) is 0 Å². The Bertz CT molecular complexity index is 369. The van der Waals surface area contributed by atoms with Gasteiger partial charge in [-0.3, -0.25) is 0 Å². The van der Waals surface area contributed by atoms with Gasteiger partial charge in [-0.05, 0) is 5.92 Å². The summed E-state index contributed by atoms with van der Waals surface area (Å²) in [5.41, 5.74) is -0.538. The van der Waals surface area contributed by atoms with Crippen LogP contribution in [0.4, 0.5) is 5.13 Å². The molecule has 1 fully saturated rings. The third-order valence-corrected chi connectivity index (χ3v) is 4.01. The van der Waals surface area contributed by atoms with Crippen molar-refractivity contribution in [2.75, 3.05) is 18.0 Å². The summed E-state index contributed by atoms with van der Waals surface area (Å²) in [6.45, 7) is 9.64. The second kappa shape index (κ2) is 3.96. The summed E-state index contributed by atoms with van der Waals surface area (Å²) in [5, 5.41) is 11.1. The molecular weight excluding hydrogens is 222 g/mol. The van der Waals surface area contributed by atoms with Crippen molar-refractivity contribution in [2.45, 2.75) is 39.2 Å². The number of hydrogen-bond acceptors (Lipinski definition) is 5. The van der Waals surface area contributed by atoms with Crippen LogP contribution in [0.3, 0.4) is 0 Å². The average Bonchev–Trinajstić information content (AvgIpc) is 2.60. The van der Waals surface area contributed by atoms with Crippen LogP contribution in [0.5, 0.6) is 0 Å². The first kappa shape index (κ1) is 11.8. The van der Waals surface area contributed by atoms with Gasteiger partial charge in [0.25, 0.3) is 0 Å². The van der Waals surface area contributed by atoms with Gasteiger partial charge in [0.2, 0.25) is 5.13 Å². The minimum absolute atomic E-state index is 0.293. The molecule has 0 bridgehead atoms. The SMILES string of the molecule is CC(C)c1nsc(N2CC(O)(C(C)C)C2)n1. The predicted molar refractivity (Wildman–Crippen MR) is 66.0 cm³/mol. The van der Waals surface area contributed by atoms with Gasteiger partial charge >= 0.3 is 0 Å². The van der Waals surface area contributed by atoms with E-state index in [9.17, 15) is 5.11 Å². The third-order valence-electron chi connectivity index (χ3n) is 3.22. The minimum Gasteiger partial charge on any atom is -0.386 e. The standard InChI is InChI=1S/C11H19N3OS/c1-7(2)9-12-10(16-13-9)14-5-11(15,6-14)8(3)4/h7-8,15H,5-6H2,1-4H3. The molecule has 2 heterocycles. The maximum Gasteiger partial charge on any atom is 0.205 e. The molecule has 1 saturated heterocycles. The first-order chi connectivity index (χ1) is 7.42. The molecule has 4 nitrogen and oxygen atoms in total. The fourth-order valence-corrected chi connectivity index (χ4v) is 2.51. The van der Waals surface area contributed by atoms with E-state index in [0.717, 1.165) is 11.0 Å². The lowest BCUT2D eigenvalue weighted by Gasteiger charge is -2.48. The van der Waals surface area contributed by atoms with Crippen LogP contribution in [0, 0.1) is 5.92 Å². The normalized spacial score (nSPS) is 19.3. The summed E-state index contributed by atoms with van der Waals surface area (Å²) < 4.78 is 4.32. The van der Waals surface area contributed by atoms with Crippen LogP contribution >= 0.6 is 11.5 Å². The molecule has 1 aliphatic rings. The molecule has 16 heavy (non-hydrogen) atoms. The van der Waals surface area contributed by atoms with Crippen molar-refractivity contribution in [3.05, 3.63) is 5.82 Å². The van der Waals surface area contributed by atoms with Gasteiger partial charge in [-0.15, -0.1) is 0 Å². The van der Waals surface area contributed by atoms with Crippen molar-refractivity contribution in [1.82, 2.24) is 9.36 Å². The zero-order valence-corrected chi connectivity index (χ0v) is 11.1. The number of anilines is 1. The van der Waals surface area contributed by atoms with Gasteiger partial charge < -0.3 is 10.0 Å². The maximum absolute atomic E-state index is 10.1. The van der Waals surface area contributed by atoms with E-state index in [1.165, 1.54) is 11.5 Å². The smallest absolute Gasteiger partial charge is 0.205 e. The molecule has 2 rings (SSSR count). The van der Waals surface area contributed by atoms with E-state index in [4.69, 9.17) is 0 Å². The molecule has 1 aliphatic heterocycles. The number of hydrogen-bond donors (Lipinski definition) is 1. The Hall–Kier alpha value is -0.680. The van der Waals surface area contributed by atoms with Crippen molar-refractivity contribution in [3.8, 4) is 0 Å². The van der Waals surface area contributed by atoms with E-state index >= 15 is 0 Å². The van der Waals surface area contributed by atoms with Crippen LogP contribution in [0.2, 0.25) is 0 Å². The highest BCUT2D eigenvalue weighted by atomic mass is 32.1. The van der Waals surface area contributed by atoms with E-state index < -0.39 is 5.60 Å². The van der Waals surface area contributed by atoms with Crippen LogP contribution in [0.1, 0.15) is 39.4 Å². The summed E-state index contributed by atoms with van der Waals surface area (Å²) >= 11 is 1.43. The van der Waals surface area contributed by atoms with Crippen molar-refractivity contribution >= 4 is 16.7 Å². The second-order valence-electron chi connectivity index (χ2n) is 5.20. The topological polar surface area (TPSA) is 49.2 Å². The molecule has 0 amide bonds. The lowest BCUT2D eigenvalue weighted by Crippen LogP contribution is -2.64. The van der Waals surface area contributed by atoms with E-state index in [2.05, 4.69) is 42.0 Å². The van der Waals surface area contributed by atoms with Crippen molar-refractivity contribution in [1.29, 1.82) is 0 Å². The Labute approximate surface area is 100 Å². The molecule has 0 atom stereocenters. The molecule has 0 radical (unpaired) electrons. The largest absolute Gasteiger partial charge is 0.386 e. The van der Waals surface area contributed by atoms with Gasteiger partial charge in [0.05, 0.1) is 13.1 Å². The number of aliphatic hydroxyl groups is 1. The van der Waals surface area contributed by atoms with Gasteiger partial charge in [0.1, 0.15) is 11.4 Å². The molecule has 90 valence electrons. The van der Waals surface area contributed by atoms with Crippen LogP contribution in [0.15, 0.2) is 0 Å². The Balaban J connectivity index is 2.01. The highest BCUT2D eigenvalue weighted by Gasteiger charge is 2.44. The first-order valence-corrected chi connectivity index (χ1v) is 6.50. The molecule has 1 aromatic rings. The van der Waals surface area contributed by atoms with Crippen molar-refractivity contribution in [2.24, 2.45) is 5.92 Å². The molecule has 1 aromatic heterocycles. The molecule has 0 saturated carbocycles. The van der Waals surface area contributed by atoms with E-state index in [0.29, 0.717) is 24.9 Å². The van der Waals surface area contributed by atoms with Gasteiger partial charge in [0, 0.05) is 17.5 Å². The van der Waals surface area contributed by atoms with Gasteiger partial charge in [0.15, 0.2) is 0 Å².